The van der Waals surface area contributed by atoms with Crippen molar-refractivity contribution < 1.29 is 0 Å². The third-order valence-corrected chi connectivity index (χ3v) is 4.20. The molecule has 96 valence electrons. The van der Waals surface area contributed by atoms with Crippen molar-refractivity contribution in [3.63, 3.8) is 0 Å². The molecule has 2 heterocycles. The van der Waals surface area contributed by atoms with Crippen molar-refractivity contribution in [3.05, 3.63) is 47.0 Å². The highest BCUT2D eigenvalue weighted by Crippen LogP contribution is 2.25. The van der Waals surface area contributed by atoms with Crippen LogP contribution in [0.3, 0.4) is 0 Å². The zero-order valence-corrected chi connectivity index (χ0v) is 11.2. The predicted molar refractivity (Wildman–Crippen MR) is 75.7 cm³/mol. The lowest BCUT2D eigenvalue weighted by molar-refractivity contribution is 0.267. The number of nitrogens with zero attached hydrogens (tertiary/aromatic N) is 1. The van der Waals surface area contributed by atoms with Gasteiger partial charge < -0.3 is 5.32 Å². The second-order valence-electron chi connectivity index (χ2n) is 5.59. The number of rotatable bonds is 2. The van der Waals surface area contributed by atoms with Gasteiger partial charge >= 0.3 is 0 Å². The fourth-order valence-corrected chi connectivity index (χ4v) is 3.04. The first-order chi connectivity index (χ1) is 8.83. The number of hydrogen-bond acceptors (Lipinski definition) is 2. The maximum absolute atomic E-state index is 3.55. The fourth-order valence-electron chi connectivity index (χ4n) is 3.04. The minimum Gasteiger partial charge on any atom is -0.312 e. The van der Waals surface area contributed by atoms with Gasteiger partial charge in [-0.15, -0.1) is 0 Å². The van der Waals surface area contributed by atoms with E-state index in [-0.39, 0.29) is 0 Å². The molecule has 1 unspecified atom stereocenters. The molecule has 2 aliphatic rings. The van der Waals surface area contributed by atoms with E-state index in [0.717, 1.165) is 19.6 Å². The summed E-state index contributed by atoms with van der Waals surface area (Å²) in [5.74, 6) is 0.654. The highest BCUT2D eigenvalue weighted by atomic mass is 15.1. The van der Waals surface area contributed by atoms with E-state index in [2.05, 4.69) is 47.5 Å². The first-order valence-corrected chi connectivity index (χ1v) is 6.99. The third kappa shape index (κ3) is 2.50. The molecule has 0 saturated heterocycles. The molecule has 1 atom stereocenters. The Labute approximate surface area is 110 Å². The van der Waals surface area contributed by atoms with Crippen LogP contribution in [0, 0.1) is 0 Å². The predicted octanol–water partition coefficient (Wildman–Crippen LogP) is 2.53. The van der Waals surface area contributed by atoms with Gasteiger partial charge in [0.1, 0.15) is 0 Å². The second kappa shape index (κ2) is 5.25. The van der Waals surface area contributed by atoms with Crippen LogP contribution in [0.5, 0.6) is 0 Å². The molecule has 2 nitrogen and oxygen atoms in total. The molecular weight excluding hydrogens is 220 g/mol. The lowest BCUT2D eigenvalue weighted by Crippen LogP contribution is -2.38. The van der Waals surface area contributed by atoms with Gasteiger partial charge in [-0.05, 0) is 24.5 Å². The molecule has 0 aromatic heterocycles. The van der Waals surface area contributed by atoms with E-state index in [1.54, 1.807) is 11.1 Å². The molecule has 0 radical (unpaired) electrons. The Kier molecular flexibility index (Phi) is 3.48. The fraction of sp³-hybridized carbons (Fsp3) is 0.500. The standard InChI is InChI=1S/C16H22N2/c1-13-6-8-18(9-7-13)12-15-11-17-10-14-4-2-3-5-16(14)15/h2-6,15,17H,7-12H2,1H3. The molecule has 2 aliphatic heterocycles. The molecule has 18 heavy (non-hydrogen) atoms. The maximum atomic E-state index is 3.55. The molecular formula is C16H22N2. The summed E-state index contributed by atoms with van der Waals surface area (Å²) in [7, 11) is 0. The van der Waals surface area contributed by atoms with E-state index < -0.39 is 0 Å². The van der Waals surface area contributed by atoms with Crippen LogP contribution in [0.25, 0.3) is 0 Å². The van der Waals surface area contributed by atoms with Crippen molar-refractivity contribution >= 4 is 0 Å². The zero-order valence-electron chi connectivity index (χ0n) is 11.2. The van der Waals surface area contributed by atoms with Crippen LogP contribution in [0.15, 0.2) is 35.9 Å². The average Bonchev–Trinajstić information content (AvgIpc) is 2.42. The van der Waals surface area contributed by atoms with Crippen LogP contribution < -0.4 is 5.32 Å². The van der Waals surface area contributed by atoms with E-state index in [1.165, 1.54) is 25.1 Å². The van der Waals surface area contributed by atoms with Crippen LogP contribution in [0.1, 0.15) is 30.4 Å². The van der Waals surface area contributed by atoms with Crippen molar-refractivity contribution in [1.29, 1.82) is 0 Å². The monoisotopic (exact) mass is 242 g/mol. The van der Waals surface area contributed by atoms with Gasteiger partial charge in [-0.1, -0.05) is 35.9 Å². The van der Waals surface area contributed by atoms with Gasteiger partial charge in [0.2, 0.25) is 0 Å². The summed E-state index contributed by atoms with van der Waals surface area (Å²) in [4.78, 5) is 2.58. The van der Waals surface area contributed by atoms with Gasteiger partial charge in [0, 0.05) is 38.6 Å². The molecule has 3 rings (SSSR count). The second-order valence-corrected chi connectivity index (χ2v) is 5.59. The summed E-state index contributed by atoms with van der Waals surface area (Å²) in [6.07, 6.45) is 3.62. The van der Waals surface area contributed by atoms with E-state index in [4.69, 9.17) is 0 Å². The van der Waals surface area contributed by atoms with Crippen LogP contribution >= 0.6 is 0 Å². The van der Waals surface area contributed by atoms with Crippen molar-refractivity contribution in [1.82, 2.24) is 10.2 Å². The Morgan fingerprint density at radius 3 is 3.06 bits per heavy atom. The maximum Gasteiger partial charge on any atom is 0.0208 e. The van der Waals surface area contributed by atoms with Crippen molar-refractivity contribution in [3.8, 4) is 0 Å². The van der Waals surface area contributed by atoms with Crippen LogP contribution in [0.2, 0.25) is 0 Å². The molecule has 0 spiro atoms. The highest BCUT2D eigenvalue weighted by Gasteiger charge is 2.22. The van der Waals surface area contributed by atoms with Gasteiger partial charge in [-0.2, -0.15) is 0 Å². The minimum absolute atomic E-state index is 0.654. The number of benzene rings is 1. The molecule has 1 aromatic rings. The van der Waals surface area contributed by atoms with Crippen LogP contribution in [0.4, 0.5) is 0 Å². The molecule has 1 N–H and O–H groups in total. The summed E-state index contributed by atoms with van der Waals surface area (Å²) in [5, 5.41) is 3.55. The largest absolute Gasteiger partial charge is 0.312 e. The smallest absolute Gasteiger partial charge is 0.0208 e. The lowest BCUT2D eigenvalue weighted by Gasteiger charge is -2.33. The highest BCUT2D eigenvalue weighted by molar-refractivity contribution is 5.33. The molecule has 0 bridgehead atoms. The van der Waals surface area contributed by atoms with Crippen molar-refractivity contribution in [2.45, 2.75) is 25.8 Å². The van der Waals surface area contributed by atoms with Crippen molar-refractivity contribution in [2.24, 2.45) is 0 Å². The molecule has 1 aromatic carbocycles. The van der Waals surface area contributed by atoms with Gasteiger partial charge in [-0.25, -0.2) is 0 Å². The summed E-state index contributed by atoms with van der Waals surface area (Å²) in [5.41, 5.74) is 4.59. The molecule has 0 aliphatic carbocycles. The Bertz CT molecular complexity index is 450. The summed E-state index contributed by atoms with van der Waals surface area (Å²) in [6.45, 7) is 7.94. The van der Waals surface area contributed by atoms with Gasteiger partial charge in [0.15, 0.2) is 0 Å². The normalized spacial score (nSPS) is 24.5. The molecule has 2 heteroatoms. The SMILES string of the molecule is CC1=CCN(CC2CNCc3ccccc32)CC1. The molecule has 0 fully saturated rings. The van der Waals surface area contributed by atoms with Crippen LogP contribution in [-0.4, -0.2) is 31.1 Å². The Balaban J connectivity index is 1.71. The van der Waals surface area contributed by atoms with E-state index in [9.17, 15) is 0 Å². The van der Waals surface area contributed by atoms with Gasteiger partial charge in [0.25, 0.3) is 0 Å². The Morgan fingerprint density at radius 2 is 2.22 bits per heavy atom. The Morgan fingerprint density at radius 1 is 1.33 bits per heavy atom. The minimum atomic E-state index is 0.654. The topological polar surface area (TPSA) is 15.3 Å². The summed E-state index contributed by atoms with van der Waals surface area (Å²) in [6, 6.07) is 8.90. The summed E-state index contributed by atoms with van der Waals surface area (Å²) < 4.78 is 0. The lowest BCUT2D eigenvalue weighted by atomic mass is 9.90. The van der Waals surface area contributed by atoms with Crippen LogP contribution in [-0.2, 0) is 6.54 Å². The number of hydrogen-bond donors (Lipinski definition) is 1. The van der Waals surface area contributed by atoms with E-state index >= 15 is 0 Å². The van der Waals surface area contributed by atoms with Crippen molar-refractivity contribution in [2.75, 3.05) is 26.2 Å². The van der Waals surface area contributed by atoms with Gasteiger partial charge in [-0.3, -0.25) is 4.90 Å². The van der Waals surface area contributed by atoms with Gasteiger partial charge in [0.05, 0.1) is 0 Å². The first kappa shape index (κ1) is 11.9. The Hall–Kier alpha value is -1.12. The van der Waals surface area contributed by atoms with E-state index in [0.29, 0.717) is 5.92 Å². The molecule has 0 saturated carbocycles. The number of nitrogens with one attached hydrogen (secondary N) is 1. The quantitative estimate of drug-likeness (QED) is 0.802. The zero-order chi connectivity index (χ0) is 12.4. The number of fused-ring (bicyclic) bond motifs is 1. The third-order valence-electron chi connectivity index (χ3n) is 4.20. The first-order valence-electron chi connectivity index (χ1n) is 6.99. The summed E-state index contributed by atoms with van der Waals surface area (Å²) >= 11 is 0. The average molecular weight is 242 g/mol. The molecule has 0 amide bonds. The van der Waals surface area contributed by atoms with E-state index in [1.807, 2.05) is 0 Å².